The lowest BCUT2D eigenvalue weighted by Crippen LogP contribution is -2.09. The van der Waals surface area contributed by atoms with E-state index in [4.69, 9.17) is 4.74 Å². The van der Waals surface area contributed by atoms with Gasteiger partial charge in [0.2, 0.25) is 0 Å². The number of unbranched alkanes of at least 4 members (excludes halogenated alkanes) is 4. The van der Waals surface area contributed by atoms with Gasteiger partial charge in [-0.05, 0) is 24.3 Å². The van der Waals surface area contributed by atoms with E-state index >= 15 is 0 Å². The smallest absolute Gasteiger partial charge is 0.321 e. The van der Waals surface area contributed by atoms with Crippen molar-refractivity contribution in [1.82, 2.24) is 0 Å². The molecule has 0 unspecified atom stereocenters. The number of carbonyl (C=O) groups excluding carboxylic acids is 1. The molecule has 0 aliphatic heterocycles. The first kappa shape index (κ1) is 16.6. The van der Waals surface area contributed by atoms with Crippen LogP contribution in [-0.4, -0.2) is 17.1 Å². The first-order chi connectivity index (χ1) is 9.27. The average Bonchev–Trinajstić information content (AvgIpc) is 2.44. The quantitative estimate of drug-likeness (QED) is 0.206. The number of thioether (sulfide) groups is 1. The lowest BCUT2D eigenvalue weighted by atomic mass is 10.2. The molecule has 0 aliphatic rings. The molecular weight excluding hydrogens is 324 g/mol. The van der Waals surface area contributed by atoms with Crippen molar-refractivity contribution in [2.75, 3.05) is 11.1 Å². The van der Waals surface area contributed by atoms with Gasteiger partial charge in [0.1, 0.15) is 11.1 Å². The van der Waals surface area contributed by atoms with Gasteiger partial charge in [-0.3, -0.25) is 4.79 Å². The van der Waals surface area contributed by atoms with Crippen LogP contribution in [0.4, 0.5) is 0 Å². The van der Waals surface area contributed by atoms with E-state index in [1.54, 1.807) is 11.8 Å². The maximum absolute atomic E-state index is 11.3. The maximum Gasteiger partial charge on any atom is 0.321 e. The molecule has 0 radical (unpaired) electrons. The van der Waals surface area contributed by atoms with Crippen LogP contribution in [0.25, 0.3) is 0 Å². The molecule has 106 valence electrons. The number of hydrogen-bond donors (Lipinski definition) is 0. The van der Waals surface area contributed by atoms with Gasteiger partial charge in [0.25, 0.3) is 0 Å². The van der Waals surface area contributed by atoms with Gasteiger partial charge in [-0.2, -0.15) is 0 Å². The van der Waals surface area contributed by atoms with E-state index in [9.17, 15) is 4.79 Å². The lowest BCUT2D eigenvalue weighted by Gasteiger charge is -2.08. The summed E-state index contributed by atoms with van der Waals surface area (Å²) >= 11 is 4.87. The Bertz CT molecular complexity index is 382. The zero-order valence-electron chi connectivity index (χ0n) is 11.4. The lowest BCUT2D eigenvalue weighted by molar-refractivity contribution is -0.131. The largest absolute Gasteiger partial charge is 0.425 e. The van der Waals surface area contributed by atoms with E-state index < -0.39 is 0 Å². The standard InChI is InChI=1S/C15H21BrO2S/c1-2-3-4-5-8-11-19-14-10-7-6-9-13(14)18-15(17)12-16/h6-7,9-10H,2-5,8,11-12H2,1H3. The number of hydrogen-bond acceptors (Lipinski definition) is 3. The minimum Gasteiger partial charge on any atom is -0.425 e. The van der Waals surface area contributed by atoms with Gasteiger partial charge in [0.05, 0.1) is 4.90 Å². The van der Waals surface area contributed by atoms with Crippen LogP contribution in [-0.2, 0) is 4.79 Å². The molecule has 19 heavy (non-hydrogen) atoms. The van der Waals surface area contributed by atoms with Crippen LogP contribution in [0, 0.1) is 0 Å². The number of ether oxygens (including phenoxy) is 1. The van der Waals surface area contributed by atoms with Crippen molar-refractivity contribution in [1.29, 1.82) is 0 Å². The summed E-state index contributed by atoms with van der Waals surface area (Å²) in [5.74, 6) is 1.49. The molecule has 0 fully saturated rings. The van der Waals surface area contributed by atoms with Crippen molar-refractivity contribution in [3.8, 4) is 5.75 Å². The van der Waals surface area contributed by atoms with Gasteiger partial charge in [-0.25, -0.2) is 0 Å². The molecule has 1 aromatic carbocycles. The molecule has 2 nitrogen and oxygen atoms in total. The van der Waals surface area contributed by atoms with Crippen LogP contribution >= 0.6 is 27.7 Å². The number of carbonyl (C=O) groups is 1. The highest BCUT2D eigenvalue weighted by atomic mass is 79.9. The van der Waals surface area contributed by atoms with Crippen LogP contribution in [0.1, 0.15) is 39.0 Å². The Kier molecular flexibility index (Phi) is 9.01. The predicted molar refractivity (Wildman–Crippen MR) is 85.4 cm³/mol. The highest BCUT2D eigenvalue weighted by molar-refractivity contribution is 9.09. The molecule has 0 amide bonds. The zero-order chi connectivity index (χ0) is 13.9. The van der Waals surface area contributed by atoms with E-state index in [2.05, 4.69) is 22.9 Å². The summed E-state index contributed by atoms with van der Waals surface area (Å²) in [4.78, 5) is 12.4. The summed E-state index contributed by atoms with van der Waals surface area (Å²) in [6.45, 7) is 2.23. The molecule has 0 N–H and O–H groups in total. The number of para-hydroxylation sites is 1. The van der Waals surface area contributed by atoms with Crippen molar-refractivity contribution in [3.63, 3.8) is 0 Å². The van der Waals surface area contributed by atoms with Crippen molar-refractivity contribution in [3.05, 3.63) is 24.3 Å². The molecule has 0 aliphatic carbocycles. The van der Waals surface area contributed by atoms with Crippen molar-refractivity contribution in [2.24, 2.45) is 0 Å². The topological polar surface area (TPSA) is 26.3 Å². The summed E-state index contributed by atoms with van der Waals surface area (Å²) in [6, 6.07) is 7.72. The second-order valence-corrected chi connectivity index (χ2v) is 6.01. The first-order valence-electron chi connectivity index (χ1n) is 6.76. The van der Waals surface area contributed by atoms with Crippen LogP contribution in [0.15, 0.2) is 29.2 Å². The molecule has 1 aromatic rings. The third-order valence-electron chi connectivity index (χ3n) is 2.69. The van der Waals surface area contributed by atoms with Gasteiger partial charge in [-0.15, -0.1) is 11.8 Å². The molecule has 0 saturated carbocycles. The monoisotopic (exact) mass is 344 g/mol. The fourth-order valence-electron chi connectivity index (χ4n) is 1.69. The van der Waals surface area contributed by atoms with E-state index in [1.165, 1.54) is 32.1 Å². The number of benzene rings is 1. The molecular formula is C15H21BrO2S. The Morgan fingerprint density at radius 3 is 2.68 bits per heavy atom. The molecule has 0 heterocycles. The normalized spacial score (nSPS) is 10.4. The number of esters is 1. The molecule has 0 atom stereocenters. The van der Waals surface area contributed by atoms with Crippen molar-refractivity contribution >= 4 is 33.7 Å². The third-order valence-corrected chi connectivity index (χ3v) is 4.29. The molecule has 1 rings (SSSR count). The second kappa shape index (κ2) is 10.3. The Morgan fingerprint density at radius 1 is 1.21 bits per heavy atom. The van der Waals surface area contributed by atoms with E-state index in [0.717, 1.165) is 10.6 Å². The number of halogens is 1. The minimum atomic E-state index is -0.254. The highest BCUT2D eigenvalue weighted by Gasteiger charge is 2.07. The van der Waals surface area contributed by atoms with Crippen LogP contribution in [0.5, 0.6) is 5.75 Å². The van der Waals surface area contributed by atoms with Crippen molar-refractivity contribution < 1.29 is 9.53 Å². The van der Waals surface area contributed by atoms with E-state index in [0.29, 0.717) is 5.75 Å². The number of alkyl halides is 1. The second-order valence-electron chi connectivity index (χ2n) is 4.32. The van der Waals surface area contributed by atoms with E-state index in [-0.39, 0.29) is 11.3 Å². The minimum absolute atomic E-state index is 0.225. The molecule has 0 saturated heterocycles. The fourth-order valence-corrected chi connectivity index (χ4v) is 2.80. The van der Waals surface area contributed by atoms with Gasteiger partial charge in [-0.1, -0.05) is 60.7 Å². The Morgan fingerprint density at radius 2 is 1.95 bits per heavy atom. The van der Waals surface area contributed by atoms with Gasteiger partial charge >= 0.3 is 5.97 Å². The predicted octanol–water partition coefficient (Wildman–Crippen LogP) is 5.05. The van der Waals surface area contributed by atoms with Gasteiger partial charge in [0.15, 0.2) is 0 Å². The maximum atomic E-state index is 11.3. The summed E-state index contributed by atoms with van der Waals surface area (Å²) in [6.07, 6.45) is 6.41. The van der Waals surface area contributed by atoms with Crippen LogP contribution in [0.3, 0.4) is 0 Å². The SMILES string of the molecule is CCCCCCCSc1ccccc1OC(=O)CBr. The first-order valence-corrected chi connectivity index (χ1v) is 8.87. The van der Waals surface area contributed by atoms with Gasteiger partial charge < -0.3 is 4.74 Å². The highest BCUT2D eigenvalue weighted by Crippen LogP contribution is 2.30. The Hall–Kier alpha value is -0.480. The molecule has 0 aromatic heterocycles. The summed E-state index contributed by atoms with van der Waals surface area (Å²) in [5, 5.41) is 0.225. The molecule has 0 spiro atoms. The Balaban J connectivity index is 2.38. The average molecular weight is 345 g/mol. The Labute approximate surface area is 128 Å². The summed E-state index contributed by atoms with van der Waals surface area (Å²) in [7, 11) is 0. The summed E-state index contributed by atoms with van der Waals surface area (Å²) < 4.78 is 5.28. The van der Waals surface area contributed by atoms with Gasteiger partial charge in [0, 0.05) is 0 Å². The third kappa shape index (κ3) is 7.02. The summed E-state index contributed by atoms with van der Waals surface area (Å²) in [5.41, 5.74) is 0. The van der Waals surface area contributed by atoms with Crippen LogP contribution < -0.4 is 4.74 Å². The molecule has 0 bridgehead atoms. The number of rotatable bonds is 9. The zero-order valence-corrected chi connectivity index (χ0v) is 13.8. The van der Waals surface area contributed by atoms with Crippen molar-refractivity contribution in [2.45, 2.75) is 43.9 Å². The fraction of sp³-hybridized carbons (Fsp3) is 0.533. The van der Waals surface area contributed by atoms with Crippen LogP contribution in [0.2, 0.25) is 0 Å². The van der Waals surface area contributed by atoms with E-state index in [1.807, 2.05) is 24.3 Å². The molecule has 4 heteroatoms.